The Morgan fingerprint density at radius 1 is 1.57 bits per heavy atom. The molecule has 14 heavy (non-hydrogen) atoms. The van der Waals surface area contributed by atoms with Crippen LogP contribution in [-0.4, -0.2) is 35.2 Å². The molecule has 0 aromatic carbocycles. The van der Waals surface area contributed by atoms with Gasteiger partial charge >= 0.3 is 5.97 Å². The summed E-state index contributed by atoms with van der Waals surface area (Å²) in [5.74, 6) is 0.194. The van der Waals surface area contributed by atoms with Crippen LogP contribution in [-0.2, 0) is 9.53 Å². The van der Waals surface area contributed by atoms with Crippen molar-refractivity contribution in [1.29, 1.82) is 0 Å². The average Bonchev–Trinajstić information content (AvgIpc) is 2.60. The van der Waals surface area contributed by atoms with Crippen molar-refractivity contribution in [3.05, 3.63) is 0 Å². The molecule has 5 nitrogen and oxygen atoms in total. The molecule has 0 radical (unpaired) electrons. The predicted molar refractivity (Wildman–Crippen MR) is 56.0 cm³/mol. The highest BCUT2D eigenvalue weighted by atomic mass is 32.2. The molecule has 0 saturated carbocycles. The van der Waals surface area contributed by atoms with Crippen LogP contribution < -0.4 is 0 Å². The van der Waals surface area contributed by atoms with Crippen LogP contribution in [0.2, 0.25) is 0 Å². The molecule has 74 valence electrons. The van der Waals surface area contributed by atoms with Gasteiger partial charge in [0, 0.05) is 0 Å². The lowest BCUT2D eigenvalue weighted by atomic mass is 10.4. The first-order chi connectivity index (χ1) is 6.69. The van der Waals surface area contributed by atoms with Gasteiger partial charge in [-0.1, -0.05) is 11.8 Å². The third-order valence-electron chi connectivity index (χ3n) is 1.82. The first kappa shape index (κ1) is 9.39. The molecule has 0 N–H and O–H groups in total. The molecule has 0 aliphatic carbocycles. The molecule has 6 heteroatoms. The number of thioether (sulfide) groups is 1. The number of methoxy groups -OCH3 is 1. The van der Waals surface area contributed by atoms with E-state index in [0.29, 0.717) is 5.84 Å². The minimum absolute atomic E-state index is 0.131. The molecule has 1 unspecified atom stereocenters. The Bertz CT molecular complexity index is 373. The van der Waals surface area contributed by atoms with E-state index in [1.807, 2.05) is 6.92 Å². The monoisotopic (exact) mass is 211 g/mol. The van der Waals surface area contributed by atoms with Gasteiger partial charge in [0.05, 0.1) is 12.2 Å². The van der Waals surface area contributed by atoms with Crippen molar-refractivity contribution in [3.8, 4) is 0 Å². The number of rotatable bonds is 2. The molecule has 2 heterocycles. The Hall–Kier alpha value is -1.17. The predicted octanol–water partition coefficient (Wildman–Crippen LogP) is 0.851. The first-order valence-electron chi connectivity index (χ1n) is 4.13. The zero-order chi connectivity index (χ0) is 10.1. The molecule has 0 spiro atoms. The minimum atomic E-state index is -0.321. The highest BCUT2D eigenvalue weighted by Gasteiger charge is 2.29. The molecule has 0 amide bonds. The SMILES string of the molecule is COC(=O)CC1=NC2N=C(C)SC2=N1. The number of ether oxygens (including phenoxy) is 1. The number of carbonyl (C=O) groups excluding carboxylic acids is 1. The van der Waals surface area contributed by atoms with Gasteiger partial charge in [0.25, 0.3) is 0 Å². The summed E-state index contributed by atoms with van der Waals surface area (Å²) in [4.78, 5) is 23.6. The second-order valence-electron chi connectivity index (χ2n) is 2.87. The van der Waals surface area contributed by atoms with Gasteiger partial charge in [0.1, 0.15) is 17.3 Å². The van der Waals surface area contributed by atoms with E-state index in [1.165, 1.54) is 18.9 Å². The van der Waals surface area contributed by atoms with Crippen molar-refractivity contribution in [2.45, 2.75) is 19.5 Å². The Morgan fingerprint density at radius 2 is 2.36 bits per heavy atom. The first-order valence-corrected chi connectivity index (χ1v) is 4.95. The van der Waals surface area contributed by atoms with Crippen molar-refractivity contribution in [1.82, 2.24) is 0 Å². The molecular formula is C8H9N3O2S. The highest BCUT2D eigenvalue weighted by molar-refractivity contribution is 8.27. The number of fused-ring (bicyclic) bond motifs is 1. The van der Waals surface area contributed by atoms with Crippen molar-refractivity contribution >= 4 is 33.7 Å². The maximum Gasteiger partial charge on any atom is 0.313 e. The number of hydrogen-bond acceptors (Lipinski definition) is 6. The highest BCUT2D eigenvalue weighted by Crippen LogP contribution is 2.26. The van der Waals surface area contributed by atoms with Gasteiger partial charge < -0.3 is 4.74 Å². The summed E-state index contributed by atoms with van der Waals surface area (Å²) in [5, 5.41) is 1.83. The molecule has 2 aliphatic rings. The van der Waals surface area contributed by atoms with Gasteiger partial charge in [-0.25, -0.2) is 15.0 Å². The largest absolute Gasteiger partial charge is 0.469 e. The van der Waals surface area contributed by atoms with Crippen LogP contribution in [0.15, 0.2) is 15.0 Å². The van der Waals surface area contributed by atoms with Crippen molar-refractivity contribution in [2.75, 3.05) is 7.11 Å². The Balaban J connectivity index is 2.06. The van der Waals surface area contributed by atoms with Gasteiger partial charge in [-0.3, -0.25) is 4.79 Å². The number of aliphatic imine (C=N–C) groups is 3. The smallest absolute Gasteiger partial charge is 0.313 e. The van der Waals surface area contributed by atoms with E-state index < -0.39 is 0 Å². The Labute approximate surface area is 85.4 Å². The number of esters is 1. The molecule has 0 aromatic heterocycles. The summed E-state index contributed by atoms with van der Waals surface area (Å²) >= 11 is 1.51. The minimum Gasteiger partial charge on any atom is -0.469 e. The fourth-order valence-electron chi connectivity index (χ4n) is 1.21. The number of hydrogen-bond donors (Lipinski definition) is 0. The molecular weight excluding hydrogens is 202 g/mol. The second-order valence-corrected chi connectivity index (χ2v) is 4.09. The molecule has 0 bridgehead atoms. The summed E-state index contributed by atoms with van der Waals surface area (Å²) in [5.41, 5.74) is 0. The van der Waals surface area contributed by atoms with E-state index in [1.54, 1.807) is 0 Å². The van der Waals surface area contributed by atoms with Crippen LogP contribution in [0, 0.1) is 0 Å². The lowest BCUT2D eigenvalue weighted by molar-refractivity contribution is -0.139. The van der Waals surface area contributed by atoms with Crippen LogP contribution in [0.1, 0.15) is 13.3 Å². The Kier molecular flexibility index (Phi) is 2.37. The Morgan fingerprint density at radius 3 is 3.00 bits per heavy atom. The molecule has 2 aliphatic heterocycles. The van der Waals surface area contributed by atoms with E-state index in [4.69, 9.17) is 0 Å². The lowest BCUT2D eigenvalue weighted by Crippen LogP contribution is -2.06. The van der Waals surface area contributed by atoms with Crippen LogP contribution in [0.25, 0.3) is 0 Å². The maximum atomic E-state index is 10.9. The number of carbonyl (C=O) groups is 1. The van der Waals surface area contributed by atoms with Crippen LogP contribution >= 0.6 is 11.8 Å². The maximum absolute atomic E-state index is 10.9. The molecule has 1 atom stereocenters. The summed E-state index contributed by atoms with van der Waals surface area (Å²) in [6.45, 7) is 1.92. The van der Waals surface area contributed by atoms with Crippen molar-refractivity contribution in [2.24, 2.45) is 15.0 Å². The summed E-state index contributed by atoms with van der Waals surface area (Å²) < 4.78 is 4.52. The quantitative estimate of drug-likeness (QED) is 0.636. The van der Waals surface area contributed by atoms with E-state index in [0.717, 1.165) is 10.1 Å². The third-order valence-corrected chi connectivity index (χ3v) is 2.73. The van der Waals surface area contributed by atoms with Crippen LogP contribution in [0.4, 0.5) is 0 Å². The van der Waals surface area contributed by atoms with E-state index >= 15 is 0 Å². The van der Waals surface area contributed by atoms with Crippen molar-refractivity contribution < 1.29 is 9.53 Å². The summed E-state index contributed by atoms with van der Waals surface area (Å²) in [7, 11) is 1.35. The summed E-state index contributed by atoms with van der Waals surface area (Å²) in [6, 6.07) is 0. The van der Waals surface area contributed by atoms with Gasteiger partial charge in [-0.05, 0) is 6.92 Å². The lowest BCUT2D eigenvalue weighted by Gasteiger charge is -1.95. The van der Waals surface area contributed by atoms with Gasteiger partial charge in [0.2, 0.25) is 0 Å². The normalized spacial score (nSPS) is 23.9. The van der Waals surface area contributed by atoms with E-state index in [9.17, 15) is 4.79 Å². The van der Waals surface area contributed by atoms with Gasteiger partial charge in [0.15, 0.2) is 6.17 Å². The van der Waals surface area contributed by atoms with E-state index in [2.05, 4.69) is 19.7 Å². The number of amidine groups is 1. The molecule has 0 saturated heterocycles. The number of nitrogens with zero attached hydrogens (tertiary/aromatic N) is 3. The fraction of sp³-hybridized carbons (Fsp3) is 0.500. The zero-order valence-electron chi connectivity index (χ0n) is 7.85. The van der Waals surface area contributed by atoms with Gasteiger partial charge in [-0.2, -0.15) is 0 Å². The fourth-order valence-corrected chi connectivity index (χ4v) is 2.02. The molecule has 0 fully saturated rings. The standard InChI is InChI=1S/C8H9N3O2S/c1-4-9-7-8(14-4)11-5(10-7)3-6(12)13-2/h7H,3H2,1-2H3. The average molecular weight is 211 g/mol. The second kappa shape index (κ2) is 3.53. The topological polar surface area (TPSA) is 63.4 Å². The van der Waals surface area contributed by atoms with Crippen LogP contribution in [0.3, 0.4) is 0 Å². The van der Waals surface area contributed by atoms with Gasteiger partial charge in [-0.15, -0.1) is 0 Å². The molecule has 0 aromatic rings. The zero-order valence-corrected chi connectivity index (χ0v) is 8.67. The van der Waals surface area contributed by atoms with Crippen molar-refractivity contribution in [3.63, 3.8) is 0 Å². The summed E-state index contributed by atoms with van der Waals surface area (Å²) in [6.07, 6.45) is -0.0642. The molecule has 2 rings (SSSR count). The third kappa shape index (κ3) is 1.70. The van der Waals surface area contributed by atoms with Crippen LogP contribution in [0.5, 0.6) is 0 Å². The van der Waals surface area contributed by atoms with E-state index in [-0.39, 0.29) is 18.6 Å².